The standard InChI is InChI=1S/C53H35NO/c1-5-18-36(19-6-1)50-42-27-14-13-20-37(42)34-45-51-48(30-17-31-49(51)55-52(45)50)54(40-25-11-4-12-26-40)41-32-33-44-43-28-15-16-29-46(43)53(47(44)35-41,38-21-7-2-8-22-38)39-23-9-3-10-24-39/h1-35H. The summed E-state index contributed by atoms with van der Waals surface area (Å²) in [5, 5.41) is 4.55. The van der Waals surface area contributed by atoms with Crippen molar-refractivity contribution in [2.24, 2.45) is 0 Å². The number of para-hydroxylation sites is 1. The molecule has 1 aromatic heterocycles. The molecule has 2 nitrogen and oxygen atoms in total. The monoisotopic (exact) mass is 701 g/mol. The van der Waals surface area contributed by atoms with E-state index in [1.807, 2.05) is 0 Å². The van der Waals surface area contributed by atoms with Gasteiger partial charge in [-0.05, 0) is 92.2 Å². The largest absolute Gasteiger partial charge is 0.455 e. The SMILES string of the molecule is c1ccc(-c2c3ccccc3cc3c2oc2cccc(N(c4ccccc4)c4ccc5c(c4)C(c4ccccc4)(c4ccccc4)c4ccccc4-5)c23)cc1. The molecule has 0 unspecified atom stereocenters. The van der Waals surface area contributed by atoms with Gasteiger partial charge in [-0.2, -0.15) is 0 Å². The first kappa shape index (κ1) is 31.4. The molecule has 0 amide bonds. The minimum atomic E-state index is -0.509. The third-order valence-corrected chi connectivity index (χ3v) is 11.5. The van der Waals surface area contributed by atoms with Crippen LogP contribution in [-0.4, -0.2) is 0 Å². The van der Waals surface area contributed by atoms with Gasteiger partial charge in [0.15, 0.2) is 0 Å². The number of anilines is 3. The van der Waals surface area contributed by atoms with E-state index in [0.29, 0.717) is 0 Å². The van der Waals surface area contributed by atoms with E-state index in [9.17, 15) is 0 Å². The summed E-state index contributed by atoms with van der Waals surface area (Å²) in [6.07, 6.45) is 0. The van der Waals surface area contributed by atoms with Crippen molar-refractivity contribution in [3.8, 4) is 22.3 Å². The number of rotatable bonds is 6. The quantitative estimate of drug-likeness (QED) is 0.172. The number of furan rings is 1. The van der Waals surface area contributed by atoms with Gasteiger partial charge >= 0.3 is 0 Å². The predicted molar refractivity (Wildman–Crippen MR) is 229 cm³/mol. The van der Waals surface area contributed by atoms with E-state index < -0.39 is 5.41 Å². The average Bonchev–Trinajstić information content (AvgIpc) is 3.78. The van der Waals surface area contributed by atoms with Gasteiger partial charge in [0.1, 0.15) is 11.2 Å². The minimum Gasteiger partial charge on any atom is -0.455 e. The van der Waals surface area contributed by atoms with Crippen LogP contribution < -0.4 is 4.90 Å². The van der Waals surface area contributed by atoms with E-state index in [0.717, 1.165) is 50.1 Å². The van der Waals surface area contributed by atoms with Crippen LogP contribution in [0.3, 0.4) is 0 Å². The van der Waals surface area contributed by atoms with Gasteiger partial charge in [0.2, 0.25) is 0 Å². The second kappa shape index (κ2) is 12.5. The zero-order chi connectivity index (χ0) is 36.3. The van der Waals surface area contributed by atoms with Gasteiger partial charge in [0.25, 0.3) is 0 Å². The lowest BCUT2D eigenvalue weighted by molar-refractivity contribution is 0.670. The molecule has 0 radical (unpaired) electrons. The Hall–Kier alpha value is -7.16. The van der Waals surface area contributed by atoms with Crippen molar-refractivity contribution in [3.63, 3.8) is 0 Å². The van der Waals surface area contributed by atoms with E-state index in [2.05, 4.69) is 217 Å². The molecule has 258 valence electrons. The van der Waals surface area contributed by atoms with Crippen LogP contribution in [0.1, 0.15) is 22.3 Å². The molecule has 1 aliphatic rings. The van der Waals surface area contributed by atoms with Crippen molar-refractivity contribution in [2.75, 3.05) is 4.90 Å². The molecule has 1 heterocycles. The molecule has 2 heteroatoms. The molecular weight excluding hydrogens is 667 g/mol. The topological polar surface area (TPSA) is 16.4 Å². The van der Waals surface area contributed by atoms with Crippen molar-refractivity contribution in [3.05, 3.63) is 235 Å². The summed E-state index contributed by atoms with van der Waals surface area (Å²) in [5.41, 5.74) is 14.3. The summed E-state index contributed by atoms with van der Waals surface area (Å²) in [7, 11) is 0. The van der Waals surface area contributed by atoms with Crippen LogP contribution >= 0.6 is 0 Å². The maximum absolute atomic E-state index is 6.95. The highest BCUT2D eigenvalue weighted by Gasteiger charge is 2.46. The Morgan fingerprint density at radius 2 is 1.04 bits per heavy atom. The predicted octanol–water partition coefficient (Wildman–Crippen LogP) is 14.2. The molecule has 0 aliphatic heterocycles. The number of nitrogens with zero attached hydrogens (tertiary/aromatic N) is 1. The van der Waals surface area contributed by atoms with E-state index in [1.54, 1.807) is 0 Å². The lowest BCUT2D eigenvalue weighted by Gasteiger charge is -2.35. The molecule has 0 atom stereocenters. The Morgan fingerprint density at radius 3 is 1.78 bits per heavy atom. The molecule has 0 saturated carbocycles. The van der Waals surface area contributed by atoms with Crippen LogP contribution in [0.25, 0.3) is 55.0 Å². The highest BCUT2D eigenvalue weighted by atomic mass is 16.3. The van der Waals surface area contributed by atoms with Crippen molar-refractivity contribution in [1.29, 1.82) is 0 Å². The molecule has 0 N–H and O–H groups in total. The van der Waals surface area contributed by atoms with Crippen molar-refractivity contribution >= 4 is 49.8 Å². The molecule has 11 rings (SSSR count). The summed E-state index contributed by atoms with van der Waals surface area (Å²) in [5.74, 6) is 0. The molecule has 0 saturated heterocycles. The Kier molecular flexibility index (Phi) is 7.11. The highest BCUT2D eigenvalue weighted by Crippen LogP contribution is 2.57. The second-order valence-electron chi connectivity index (χ2n) is 14.4. The third-order valence-electron chi connectivity index (χ3n) is 11.5. The first-order chi connectivity index (χ1) is 27.3. The number of hydrogen-bond acceptors (Lipinski definition) is 2. The van der Waals surface area contributed by atoms with Crippen LogP contribution in [-0.2, 0) is 5.41 Å². The lowest BCUT2D eigenvalue weighted by Crippen LogP contribution is -2.28. The van der Waals surface area contributed by atoms with E-state index in [4.69, 9.17) is 4.42 Å². The van der Waals surface area contributed by atoms with Crippen molar-refractivity contribution < 1.29 is 4.42 Å². The smallest absolute Gasteiger partial charge is 0.143 e. The number of benzene rings is 9. The molecule has 0 fully saturated rings. The summed E-state index contributed by atoms with van der Waals surface area (Å²) >= 11 is 0. The van der Waals surface area contributed by atoms with Crippen LogP contribution in [0.15, 0.2) is 217 Å². The first-order valence-corrected chi connectivity index (χ1v) is 18.9. The Labute approximate surface area is 320 Å². The van der Waals surface area contributed by atoms with Gasteiger partial charge in [-0.15, -0.1) is 0 Å². The fourth-order valence-electron chi connectivity index (χ4n) is 9.26. The van der Waals surface area contributed by atoms with Gasteiger partial charge in [0, 0.05) is 22.3 Å². The third kappa shape index (κ3) is 4.68. The number of fused-ring (bicyclic) bond motifs is 7. The van der Waals surface area contributed by atoms with E-state index >= 15 is 0 Å². The zero-order valence-electron chi connectivity index (χ0n) is 30.1. The van der Waals surface area contributed by atoms with Crippen molar-refractivity contribution in [2.45, 2.75) is 5.41 Å². The Balaban J connectivity index is 1.22. The molecule has 9 aromatic carbocycles. The van der Waals surface area contributed by atoms with Crippen LogP contribution in [0, 0.1) is 0 Å². The maximum atomic E-state index is 6.95. The summed E-state index contributed by atoms with van der Waals surface area (Å²) < 4.78 is 6.95. The van der Waals surface area contributed by atoms with Gasteiger partial charge in [-0.1, -0.05) is 170 Å². The van der Waals surface area contributed by atoms with Gasteiger partial charge in [0.05, 0.1) is 16.5 Å². The van der Waals surface area contributed by atoms with Gasteiger partial charge in [-0.3, -0.25) is 0 Å². The minimum absolute atomic E-state index is 0.509. The van der Waals surface area contributed by atoms with Gasteiger partial charge in [-0.25, -0.2) is 0 Å². The zero-order valence-corrected chi connectivity index (χ0v) is 30.1. The summed E-state index contributed by atoms with van der Waals surface area (Å²) in [6.45, 7) is 0. The van der Waals surface area contributed by atoms with Crippen molar-refractivity contribution in [1.82, 2.24) is 0 Å². The average molecular weight is 702 g/mol. The fraction of sp³-hybridized carbons (Fsp3) is 0.0189. The molecule has 1 aliphatic carbocycles. The highest BCUT2D eigenvalue weighted by molar-refractivity contribution is 6.22. The number of hydrogen-bond donors (Lipinski definition) is 0. The maximum Gasteiger partial charge on any atom is 0.143 e. The van der Waals surface area contributed by atoms with Crippen LogP contribution in [0.2, 0.25) is 0 Å². The van der Waals surface area contributed by atoms with Crippen LogP contribution in [0.4, 0.5) is 17.1 Å². The fourth-order valence-corrected chi connectivity index (χ4v) is 9.26. The first-order valence-electron chi connectivity index (χ1n) is 18.9. The van der Waals surface area contributed by atoms with E-state index in [-0.39, 0.29) is 0 Å². The molecule has 0 spiro atoms. The lowest BCUT2D eigenvalue weighted by atomic mass is 9.67. The molecule has 10 aromatic rings. The van der Waals surface area contributed by atoms with E-state index in [1.165, 1.54) is 44.2 Å². The molecular formula is C53H35NO. The van der Waals surface area contributed by atoms with Gasteiger partial charge < -0.3 is 9.32 Å². The normalized spacial score (nSPS) is 12.9. The van der Waals surface area contributed by atoms with Crippen LogP contribution in [0.5, 0.6) is 0 Å². The summed E-state index contributed by atoms with van der Waals surface area (Å²) in [4.78, 5) is 2.42. The second-order valence-corrected chi connectivity index (χ2v) is 14.4. The summed E-state index contributed by atoms with van der Waals surface area (Å²) in [6, 6.07) is 76.8. The Morgan fingerprint density at radius 1 is 0.418 bits per heavy atom. The Bertz CT molecular complexity index is 2980. The molecule has 0 bridgehead atoms. The molecule has 55 heavy (non-hydrogen) atoms.